The van der Waals surface area contributed by atoms with Crippen LogP contribution >= 0.6 is 0 Å². The molecule has 1 aliphatic rings. The number of allylic oxidation sites excluding steroid dienone is 4. The van der Waals surface area contributed by atoms with Crippen LogP contribution in [-0.4, -0.2) is 5.43 Å². The average molecular weight is 520 g/mol. The molecule has 0 saturated carbocycles. The molecule has 0 aliphatic heterocycles. The van der Waals surface area contributed by atoms with Crippen molar-refractivity contribution in [2.45, 2.75) is 84.7 Å². The fourth-order valence-corrected chi connectivity index (χ4v) is 4.05. The molecule has 0 nitrogen and oxygen atoms in total. The smallest absolute Gasteiger partial charge is 0.109 e. The van der Waals surface area contributed by atoms with E-state index in [2.05, 4.69) is 110 Å². The molecule has 1 aliphatic carbocycles. The summed E-state index contributed by atoms with van der Waals surface area (Å²) < 4.78 is 0. The third-order valence-electron chi connectivity index (χ3n) is 5.88. The minimum atomic E-state index is 0.203. The van der Waals surface area contributed by atoms with Crippen molar-refractivity contribution in [3.63, 3.8) is 0 Å². The Morgan fingerprint density at radius 1 is 0.844 bits per heavy atom. The summed E-state index contributed by atoms with van der Waals surface area (Å²) >= 11 is 1.80. The molecule has 4 rings (SSSR count). The Balaban J connectivity index is 0.000000272. The van der Waals surface area contributed by atoms with Gasteiger partial charge in [0.25, 0.3) is 0 Å². The molecule has 0 aromatic heterocycles. The maximum atomic E-state index is 2.99. The molecule has 2 heteroatoms. The van der Waals surface area contributed by atoms with E-state index in [4.69, 9.17) is 0 Å². The van der Waals surface area contributed by atoms with Crippen molar-refractivity contribution in [3.05, 3.63) is 77.9 Å². The summed E-state index contributed by atoms with van der Waals surface area (Å²) in [6.45, 7) is 18.2. The Bertz CT molecular complexity index is 1010. The van der Waals surface area contributed by atoms with Gasteiger partial charge in [0.2, 0.25) is 0 Å². The van der Waals surface area contributed by atoms with Crippen molar-refractivity contribution in [2.75, 3.05) is 0 Å². The molecule has 0 atom stereocenters. The predicted octanol–water partition coefficient (Wildman–Crippen LogP) is 9.18. The van der Waals surface area contributed by atoms with Crippen molar-refractivity contribution in [1.29, 1.82) is 0 Å². The second-order valence-electron chi connectivity index (χ2n) is 10.6. The standard InChI is InChI=1S/C21H25.C5H5.C4H10Si.Zr/c1-20(2,3)16-7-9-18-14(12-16)11-15-13-17(21(4,5)6)8-10-19(15)18;1-2-4-5-3-1;1-3-5-4-2;/h7-13H,1-6H3;1-3H,4H2;3-4H2,1-2H3;/q2*-1;;+2. The summed E-state index contributed by atoms with van der Waals surface area (Å²) in [5, 5.41) is 5.48. The molecule has 0 radical (unpaired) electrons. The zero-order valence-electron chi connectivity index (χ0n) is 21.4. The van der Waals surface area contributed by atoms with Crippen molar-refractivity contribution in [2.24, 2.45) is 0 Å². The number of fused-ring (bicyclic) bond motifs is 3. The van der Waals surface area contributed by atoms with Crippen LogP contribution in [0.5, 0.6) is 0 Å². The topological polar surface area (TPSA) is 0 Å². The van der Waals surface area contributed by atoms with Crippen LogP contribution in [0.2, 0.25) is 12.1 Å². The number of benzene rings is 2. The Hall–Kier alpha value is -1.11. The van der Waals surface area contributed by atoms with E-state index in [1.807, 2.05) is 12.2 Å². The van der Waals surface area contributed by atoms with Crippen LogP contribution in [0.4, 0.5) is 0 Å². The van der Waals surface area contributed by atoms with Gasteiger partial charge in [0.05, 0.1) is 0 Å². The number of rotatable bonds is 2. The summed E-state index contributed by atoms with van der Waals surface area (Å²) in [4.78, 5) is 0. The molecule has 168 valence electrons. The zero-order chi connectivity index (χ0) is 23.9. The van der Waals surface area contributed by atoms with Gasteiger partial charge in [-0.3, -0.25) is 6.08 Å². The number of hydrogen-bond acceptors (Lipinski definition) is 0. The third-order valence-corrected chi connectivity index (χ3v) is 12.8. The predicted molar refractivity (Wildman–Crippen MR) is 143 cm³/mol. The van der Waals surface area contributed by atoms with Crippen molar-refractivity contribution < 1.29 is 23.3 Å². The van der Waals surface area contributed by atoms with E-state index in [0.717, 1.165) is 6.42 Å². The van der Waals surface area contributed by atoms with Gasteiger partial charge >= 0.3 is 54.7 Å². The summed E-state index contributed by atoms with van der Waals surface area (Å²) in [6, 6.07) is 19.1. The maximum Gasteiger partial charge on any atom is -0.109 e. The zero-order valence-corrected chi connectivity index (χ0v) is 24.9. The van der Waals surface area contributed by atoms with Crippen molar-refractivity contribution >= 4 is 27.0 Å². The summed E-state index contributed by atoms with van der Waals surface area (Å²) in [6.07, 6.45) is 10.0. The Morgan fingerprint density at radius 3 is 1.56 bits per heavy atom. The average Bonchev–Trinajstić information content (AvgIpc) is 3.42. The van der Waals surface area contributed by atoms with Gasteiger partial charge in [-0.1, -0.05) is 76.9 Å². The van der Waals surface area contributed by atoms with E-state index < -0.39 is 0 Å². The van der Waals surface area contributed by atoms with E-state index >= 15 is 0 Å². The summed E-state index contributed by atoms with van der Waals surface area (Å²) in [5.74, 6) is 0. The van der Waals surface area contributed by atoms with Gasteiger partial charge in [-0.15, -0.1) is 46.2 Å². The quantitative estimate of drug-likeness (QED) is 0.234. The van der Waals surface area contributed by atoms with Gasteiger partial charge in [0, 0.05) is 0 Å². The maximum absolute atomic E-state index is 2.99. The van der Waals surface area contributed by atoms with E-state index in [9.17, 15) is 0 Å². The molecule has 0 spiro atoms. The molecule has 0 heterocycles. The van der Waals surface area contributed by atoms with Gasteiger partial charge in [-0.25, -0.2) is 12.2 Å². The first-order chi connectivity index (χ1) is 15.0. The first-order valence-corrected chi connectivity index (χ1v) is 17.5. The van der Waals surface area contributed by atoms with Crippen LogP contribution in [0, 0.1) is 6.08 Å². The Morgan fingerprint density at radius 2 is 1.31 bits per heavy atom. The molecule has 32 heavy (non-hydrogen) atoms. The van der Waals surface area contributed by atoms with Crippen LogP contribution in [0.15, 0.2) is 60.7 Å². The molecule has 0 unspecified atom stereocenters. The largest absolute Gasteiger partial charge is 0.273 e. The van der Waals surface area contributed by atoms with E-state index in [0.29, 0.717) is 0 Å². The van der Waals surface area contributed by atoms with Gasteiger partial charge in [-0.05, 0) is 10.8 Å². The van der Waals surface area contributed by atoms with Crippen LogP contribution in [0.3, 0.4) is 0 Å². The minimum Gasteiger partial charge on any atom is -0.273 e. The second kappa shape index (κ2) is 11.8. The van der Waals surface area contributed by atoms with Crippen molar-refractivity contribution in [3.8, 4) is 0 Å². The minimum absolute atomic E-state index is 0.203. The monoisotopic (exact) mass is 518 g/mol. The van der Waals surface area contributed by atoms with E-state index in [1.165, 1.54) is 44.8 Å². The molecule has 3 aromatic rings. The molecular weight excluding hydrogens is 480 g/mol. The first kappa shape index (κ1) is 27.1. The molecular formula is C30H40SiZr. The Kier molecular flexibility index (Phi) is 10.0. The van der Waals surface area contributed by atoms with Gasteiger partial charge in [-0.2, -0.15) is 6.08 Å². The Labute approximate surface area is 211 Å². The van der Waals surface area contributed by atoms with Crippen LogP contribution in [0.25, 0.3) is 21.5 Å². The SMILES string of the molecule is CC(C)(C)c1ccc2c(c1)[cH-]c1cc(C(C)(C)C)ccc12.CC[Si](=[Zr+2])CC.[C-]1=CC=CC1. The van der Waals surface area contributed by atoms with Crippen LogP contribution < -0.4 is 0 Å². The fraction of sp³-hybridized carbons (Fsp3) is 0.433. The number of hydrogen-bond donors (Lipinski definition) is 0. The molecule has 0 bridgehead atoms. The first-order valence-electron chi connectivity index (χ1n) is 11.9. The molecule has 0 saturated heterocycles. The molecule has 0 fully saturated rings. The van der Waals surface area contributed by atoms with Gasteiger partial charge < -0.3 is 0 Å². The summed E-state index contributed by atoms with van der Waals surface area (Å²) in [5.41, 5.74) is 3.43. The van der Waals surface area contributed by atoms with Crippen molar-refractivity contribution in [1.82, 2.24) is 0 Å². The van der Waals surface area contributed by atoms with Crippen LogP contribution in [-0.2, 0) is 34.2 Å². The second-order valence-corrected chi connectivity index (χ2v) is 18.4. The normalized spacial score (nSPS) is 13.1. The molecule has 0 amide bonds. The fourth-order valence-electron chi connectivity index (χ4n) is 3.55. The molecule has 0 N–H and O–H groups in total. The van der Waals surface area contributed by atoms with E-state index in [1.54, 1.807) is 23.3 Å². The van der Waals surface area contributed by atoms with Gasteiger partial charge in [0.15, 0.2) is 0 Å². The molecule has 3 aromatic carbocycles. The van der Waals surface area contributed by atoms with Gasteiger partial charge in [0.1, 0.15) is 0 Å². The third kappa shape index (κ3) is 7.74. The van der Waals surface area contributed by atoms with E-state index in [-0.39, 0.29) is 16.3 Å². The van der Waals surface area contributed by atoms with Crippen LogP contribution in [0.1, 0.15) is 72.9 Å². The summed E-state index contributed by atoms with van der Waals surface area (Å²) in [7, 11) is 0.